The van der Waals surface area contributed by atoms with Crippen molar-refractivity contribution in [2.24, 2.45) is 0 Å². The monoisotopic (exact) mass is 397 g/mol. The second-order valence-electron chi connectivity index (χ2n) is 6.32. The molecule has 27 heavy (non-hydrogen) atoms. The van der Waals surface area contributed by atoms with Gasteiger partial charge >= 0.3 is 0 Å². The standard InChI is InChI=1S/C20H19N3O2S2/c24-18(12-26-13-19-22-16-7-1-2-8-17(16)27-19)21-14-5-3-6-15(11-14)23-10-4-9-20(23)25/h1-3,5-8,11H,4,9-10,12-13H2,(H,21,24). The number of hydrogen-bond acceptors (Lipinski definition) is 5. The third kappa shape index (κ3) is 4.31. The van der Waals surface area contributed by atoms with Gasteiger partial charge in [0.1, 0.15) is 5.01 Å². The number of hydrogen-bond donors (Lipinski definition) is 1. The number of thioether (sulfide) groups is 1. The number of nitrogens with zero attached hydrogens (tertiary/aromatic N) is 2. The van der Waals surface area contributed by atoms with Crippen LogP contribution in [0.3, 0.4) is 0 Å². The van der Waals surface area contributed by atoms with Gasteiger partial charge in [0.05, 0.1) is 16.0 Å². The topological polar surface area (TPSA) is 62.3 Å². The smallest absolute Gasteiger partial charge is 0.234 e. The van der Waals surface area contributed by atoms with Crippen molar-refractivity contribution in [1.82, 2.24) is 4.98 Å². The number of nitrogens with one attached hydrogen (secondary N) is 1. The van der Waals surface area contributed by atoms with Crippen molar-refractivity contribution >= 4 is 56.5 Å². The Kier molecular flexibility index (Phi) is 5.40. The predicted molar refractivity (Wildman–Crippen MR) is 112 cm³/mol. The summed E-state index contributed by atoms with van der Waals surface area (Å²) < 4.78 is 1.17. The van der Waals surface area contributed by atoms with Gasteiger partial charge in [0.15, 0.2) is 0 Å². The lowest BCUT2D eigenvalue weighted by Crippen LogP contribution is -2.23. The first-order chi connectivity index (χ1) is 13.2. The summed E-state index contributed by atoms with van der Waals surface area (Å²) in [6.07, 6.45) is 1.48. The van der Waals surface area contributed by atoms with Gasteiger partial charge in [0.25, 0.3) is 0 Å². The van der Waals surface area contributed by atoms with E-state index in [1.54, 1.807) is 28.0 Å². The van der Waals surface area contributed by atoms with Gasteiger partial charge in [-0.05, 0) is 36.8 Å². The van der Waals surface area contributed by atoms with E-state index in [9.17, 15) is 9.59 Å². The lowest BCUT2D eigenvalue weighted by atomic mass is 10.2. The van der Waals surface area contributed by atoms with Crippen LogP contribution in [0, 0.1) is 0 Å². The summed E-state index contributed by atoms with van der Waals surface area (Å²) in [4.78, 5) is 30.5. The SMILES string of the molecule is O=C(CSCc1nc2ccccc2s1)Nc1cccc(N2CCCC2=O)c1. The zero-order valence-corrected chi connectivity index (χ0v) is 16.3. The lowest BCUT2D eigenvalue weighted by Gasteiger charge is -2.16. The molecular weight excluding hydrogens is 378 g/mol. The number of aromatic nitrogens is 1. The molecular formula is C20H19N3O2S2. The number of carbonyl (C=O) groups excluding carboxylic acids is 2. The molecule has 0 spiro atoms. The average Bonchev–Trinajstić information content (AvgIpc) is 3.27. The van der Waals surface area contributed by atoms with E-state index >= 15 is 0 Å². The number of anilines is 2. The highest BCUT2D eigenvalue weighted by atomic mass is 32.2. The molecule has 4 rings (SSSR count). The summed E-state index contributed by atoms with van der Waals surface area (Å²) in [5, 5.41) is 3.95. The minimum Gasteiger partial charge on any atom is -0.325 e. The van der Waals surface area contributed by atoms with Crippen molar-refractivity contribution in [2.45, 2.75) is 18.6 Å². The van der Waals surface area contributed by atoms with Crippen molar-refractivity contribution in [3.05, 3.63) is 53.5 Å². The number of benzene rings is 2. The van der Waals surface area contributed by atoms with Crippen molar-refractivity contribution < 1.29 is 9.59 Å². The number of para-hydroxylation sites is 1. The highest BCUT2D eigenvalue weighted by molar-refractivity contribution is 7.99. The summed E-state index contributed by atoms with van der Waals surface area (Å²) in [5.41, 5.74) is 2.58. The van der Waals surface area contributed by atoms with Gasteiger partial charge in [-0.15, -0.1) is 23.1 Å². The molecule has 0 bridgehead atoms. The van der Waals surface area contributed by atoms with E-state index < -0.39 is 0 Å². The quantitative estimate of drug-likeness (QED) is 0.674. The second-order valence-corrected chi connectivity index (χ2v) is 8.42. The Bertz CT molecular complexity index is 953. The first kappa shape index (κ1) is 18.0. The first-order valence-electron chi connectivity index (χ1n) is 8.81. The molecule has 0 aliphatic carbocycles. The van der Waals surface area contributed by atoms with Crippen LogP contribution in [0.15, 0.2) is 48.5 Å². The van der Waals surface area contributed by atoms with Gasteiger partial charge in [-0.3, -0.25) is 9.59 Å². The Morgan fingerprint density at radius 2 is 2.11 bits per heavy atom. The molecule has 0 atom stereocenters. The minimum absolute atomic E-state index is 0.0500. The largest absolute Gasteiger partial charge is 0.325 e. The maximum absolute atomic E-state index is 12.2. The lowest BCUT2D eigenvalue weighted by molar-refractivity contribution is -0.117. The van der Waals surface area contributed by atoms with Crippen LogP contribution in [0.1, 0.15) is 17.8 Å². The molecule has 1 fully saturated rings. The highest BCUT2D eigenvalue weighted by Gasteiger charge is 2.21. The van der Waals surface area contributed by atoms with E-state index in [0.29, 0.717) is 12.2 Å². The molecule has 1 aliphatic rings. The van der Waals surface area contributed by atoms with Crippen LogP contribution in [0.4, 0.5) is 11.4 Å². The van der Waals surface area contributed by atoms with Gasteiger partial charge in [0, 0.05) is 30.1 Å². The van der Waals surface area contributed by atoms with E-state index in [1.165, 1.54) is 4.70 Å². The molecule has 138 valence electrons. The van der Waals surface area contributed by atoms with Gasteiger partial charge in [-0.1, -0.05) is 18.2 Å². The zero-order chi connectivity index (χ0) is 18.6. The summed E-state index contributed by atoms with van der Waals surface area (Å²) in [7, 11) is 0. The van der Waals surface area contributed by atoms with Crippen molar-refractivity contribution in [3.63, 3.8) is 0 Å². The molecule has 0 unspecified atom stereocenters. The summed E-state index contributed by atoms with van der Waals surface area (Å²) in [5.74, 6) is 1.17. The molecule has 1 aromatic heterocycles. The fourth-order valence-electron chi connectivity index (χ4n) is 3.08. The van der Waals surface area contributed by atoms with Gasteiger partial charge in [-0.25, -0.2) is 4.98 Å². The third-order valence-corrected chi connectivity index (χ3v) is 6.47. The zero-order valence-electron chi connectivity index (χ0n) is 14.7. The minimum atomic E-state index is -0.0500. The molecule has 1 N–H and O–H groups in total. The molecule has 0 saturated carbocycles. The predicted octanol–water partition coefficient (Wildman–Crippen LogP) is 4.30. The normalized spacial score (nSPS) is 14.1. The molecule has 2 amide bonds. The maximum atomic E-state index is 12.2. The Balaban J connectivity index is 1.31. The van der Waals surface area contributed by atoms with Crippen molar-refractivity contribution in [3.8, 4) is 0 Å². The van der Waals surface area contributed by atoms with Crippen LogP contribution in [0.5, 0.6) is 0 Å². The Morgan fingerprint density at radius 3 is 2.93 bits per heavy atom. The number of thiazole rings is 1. The Morgan fingerprint density at radius 1 is 1.22 bits per heavy atom. The molecule has 1 aliphatic heterocycles. The molecule has 0 radical (unpaired) electrons. The van der Waals surface area contributed by atoms with E-state index in [1.807, 2.05) is 42.5 Å². The van der Waals surface area contributed by atoms with Crippen molar-refractivity contribution in [2.75, 3.05) is 22.5 Å². The molecule has 7 heteroatoms. The summed E-state index contributed by atoms with van der Waals surface area (Å²) >= 11 is 3.22. The van der Waals surface area contributed by atoms with E-state index in [2.05, 4.69) is 16.4 Å². The van der Waals surface area contributed by atoms with Gasteiger partial charge < -0.3 is 10.2 Å². The molecule has 2 heterocycles. The Labute approximate surface area is 165 Å². The van der Waals surface area contributed by atoms with Crippen LogP contribution in [-0.4, -0.2) is 29.1 Å². The number of rotatable bonds is 6. The molecule has 2 aromatic carbocycles. The van der Waals surface area contributed by atoms with Crippen LogP contribution in [0.25, 0.3) is 10.2 Å². The van der Waals surface area contributed by atoms with Crippen molar-refractivity contribution in [1.29, 1.82) is 0 Å². The van der Waals surface area contributed by atoms with Crippen LogP contribution in [0.2, 0.25) is 0 Å². The molecule has 1 saturated heterocycles. The van der Waals surface area contributed by atoms with E-state index in [0.717, 1.165) is 40.6 Å². The fourth-order valence-corrected chi connectivity index (χ4v) is 4.93. The highest BCUT2D eigenvalue weighted by Crippen LogP contribution is 2.26. The third-order valence-electron chi connectivity index (χ3n) is 4.31. The number of amides is 2. The maximum Gasteiger partial charge on any atom is 0.234 e. The van der Waals surface area contributed by atoms with Gasteiger partial charge in [0.2, 0.25) is 11.8 Å². The van der Waals surface area contributed by atoms with Crippen LogP contribution < -0.4 is 10.2 Å². The second kappa shape index (κ2) is 8.10. The molecule has 3 aromatic rings. The summed E-state index contributed by atoms with van der Waals surface area (Å²) in [6.45, 7) is 0.744. The first-order valence-corrected chi connectivity index (χ1v) is 10.8. The van der Waals surface area contributed by atoms with E-state index in [4.69, 9.17) is 0 Å². The number of fused-ring (bicyclic) bond motifs is 1. The van der Waals surface area contributed by atoms with E-state index in [-0.39, 0.29) is 11.8 Å². The van der Waals surface area contributed by atoms with Crippen LogP contribution in [-0.2, 0) is 15.3 Å². The van der Waals surface area contributed by atoms with Crippen LogP contribution >= 0.6 is 23.1 Å². The molecule has 5 nitrogen and oxygen atoms in total. The fraction of sp³-hybridized carbons (Fsp3) is 0.250. The average molecular weight is 398 g/mol. The van der Waals surface area contributed by atoms with Gasteiger partial charge in [-0.2, -0.15) is 0 Å². The Hall–Kier alpha value is -2.38. The summed E-state index contributed by atoms with van der Waals surface area (Å²) in [6, 6.07) is 15.5. The number of carbonyl (C=O) groups is 2.